The molecule has 4 heteroatoms. The number of alkyl halides is 3. The fourth-order valence-electron chi connectivity index (χ4n) is 2.30. The van der Waals surface area contributed by atoms with Crippen LogP contribution in [0.25, 0.3) is 0 Å². The molecule has 0 radical (unpaired) electrons. The maximum Gasteiger partial charge on any atom is 0.391 e. The van der Waals surface area contributed by atoms with Crippen LogP contribution in [0.4, 0.5) is 13.2 Å². The van der Waals surface area contributed by atoms with Gasteiger partial charge in [-0.1, -0.05) is 0 Å². The van der Waals surface area contributed by atoms with E-state index in [0.717, 1.165) is 0 Å². The summed E-state index contributed by atoms with van der Waals surface area (Å²) in [6.07, 6.45) is 2.64. The van der Waals surface area contributed by atoms with Crippen molar-refractivity contribution in [3.63, 3.8) is 0 Å². The third-order valence-corrected chi connectivity index (χ3v) is 3.36. The lowest BCUT2D eigenvalue weighted by molar-refractivity contribution is -0.185. The second kappa shape index (κ2) is 5.58. The summed E-state index contributed by atoms with van der Waals surface area (Å²) in [7, 11) is 0. The van der Waals surface area contributed by atoms with Gasteiger partial charge >= 0.3 is 6.18 Å². The normalized spacial score (nSPS) is 28.4. The van der Waals surface area contributed by atoms with E-state index in [4.69, 9.17) is 6.42 Å². The second-order valence-corrected chi connectivity index (χ2v) is 4.46. The highest BCUT2D eigenvalue weighted by Gasteiger charge is 2.42. The van der Waals surface area contributed by atoms with Crippen molar-refractivity contribution in [2.75, 3.05) is 0 Å². The smallest absolute Gasteiger partial charge is 0.391 e. The summed E-state index contributed by atoms with van der Waals surface area (Å²) in [5.41, 5.74) is 0. The van der Waals surface area contributed by atoms with Crippen LogP contribution < -0.4 is 0 Å². The van der Waals surface area contributed by atoms with Crippen molar-refractivity contribution >= 4 is 0 Å². The minimum absolute atomic E-state index is 0.00745. The molecule has 1 aliphatic carbocycles. The fraction of sp³-hybridized carbons (Fsp3) is 0.833. The van der Waals surface area contributed by atoms with E-state index in [9.17, 15) is 18.3 Å². The molecule has 0 aromatic rings. The van der Waals surface area contributed by atoms with Crippen molar-refractivity contribution in [2.24, 2.45) is 11.8 Å². The molecule has 0 amide bonds. The third-order valence-electron chi connectivity index (χ3n) is 3.36. The van der Waals surface area contributed by atoms with Crippen molar-refractivity contribution in [3.05, 3.63) is 0 Å². The number of aliphatic hydroxyl groups is 1. The Balaban J connectivity index is 2.35. The standard InChI is InChI=1S/C12H17F3O/c1-2-3-4-11(16)9-5-7-10(8-6-9)12(13,14)15/h1,9-11,16H,3-8H2. The van der Waals surface area contributed by atoms with E-state index in [1.165, 1.54) is 0 Å². The van der Waals surface area contributed by atoms with Crippen molar-refractivity contribution < 1.29 is 18.3 Å². The highest BCUT2D eigenvalue weighted by Crippen LogP contribution is 2.40. The number of aliphatic hydroxyl groups excluding tert-OH is 1. The number of terminal acetylenes is 1. The zero-order valence-electron chi connectivity index (χ0n) is 9.13. The van der Waals surface area contributed by atoms with Crippen LogP contribution in [0.2, 0.25) is 0 Å². The van der Waals surface area contributed by atoms with Gasteiger partial charge in [-0.3, -0.25) is 0 Å². The number of rotatable bonds is 3. The summed E-state index contributed by atoms with van der Waals surface area (Å²) in [6, 6.07) is 0. The number of hydrogen-bond acceptors (Lipinski definition) is 1. The van der Waals surface area contributed by atoms with Crippen molar-refractivity contribution in [3.8, 4) is 12.3 Å². The van der Waals surface area contributed by atoms with Crippen LogP contribution >= 0.6 is 0 Å². The molecular formula is C12H17F3O. The van der Waals surface area contributed by atoms with Gasteiger partial charge in [0.15, 0.2) is 0 Å². The molecule has 1 rings (SSSR count). The van der Waals surface area contributed by atoms with Gasteiger partial charge in [-0.2, -0.15) is 13.2 Å². The SMILES string of the molecule is C#CCCC(O)C1CCC(C(F)(F)F)CC1. The maximum atomic E-state index is 12.4. The summed E-state index contributed by atoms with van der Waals surface area (Å²) in [4.78, 5) is 0. The lowest BCUT2D eigenvalue weighted by atomic mass is 9.78. The third kappa shape index (κ3) is 3.71. The highest BCUT2D eigenvalue weighted by atomic mass is 19.4. The number of hydrogen-bond donors (Lipinski definition) is 1. The molecule has 0 spiro atoms. The van der Waals surface area contributed by atoms with Crippen LogP contribution in [0, 0.1) is 24.2 Å². The first-order valence-electron chi connectivity index (χ1n) is 5.63. The summed E-state index contributed by atoms with van der Waals surface area (Å²) < 4.78 is 37.1. The topological polar surface area (TPSA) is 20.2 Å². The van der Waals surface area contributed by atoms with E-state index < -0.39 is 18.2 Å². The van der Waals surface area contributed by atoms with Gasteiger partial charge in [-0.25, -0.2) is 0 Å². The predicted molar refractivity (Wildman–Crippen MR) is 55.6 cm³/mol. The molecule has 1 nitrogen and oxygen atoms in total. The predicted octanol–water partition coefficient (Wildman–Crippen LogP) is 3.13. The average Bonchev–Trinajstić information content (AvgIpc) is 2.25. The van der Waals surface area contributed by atoms with Crippen molar-refractivity contribution in [1.82, 2.24) is 0 Å². The first kappa shape index (κ1) is 13.4. The Labute approximate surface area is 94.0 Å². The minimum Gasteiger partial charge on any atom is -0.393 e. The van der Waals surface area contributed by atoms with E-state index in [-0.39, 0.29) is 18.8 Å². The molecular weight excluding hydrogens is 217 g/mol. The molecule has 16 heavy (non-hydrogen) atoms. The molecule has 1 unspecified atom stereocenters. The molecule has 0 aromatic heterocycles. The van der Waals surface area contributed by atoms with Crippen LogP contribution in [0.15, 0.2) is 0 Å². The quantitative estimate of drug-likeness (QED) is 0.744. The Morgan fingerprint density at radius 1 is 1.25 bits per heavy atom. The Morgan fingerprint density at radius 2 is 1.81 bits per heavy atom. The van der Waals surface area contributed by atoms with Gasteiger partial charge < -0.3 is 5.11 Å². The first-order valence-corrected chi connectivity index (χ1v) is 5.63. The van der Waals surface area contributed by atoms with Crippen LogP contribution in [0.1, 0.15) is 38.5 Å². The zero-order valence-corrected chi connectivity index (χ0v) is 9.13. The van der Waals surface area contributed by atoms with E-state index in [1.807, 2.05) is 0 Å². The maximum absolute atomic E-state index is 12.4. The van der Waals surface area contributed by atoms with Crippen LogP contribution in [0.5, 0.6) is 0 Å². The molecule has 0 saturated heterocycles. The molecule has 1 saturated carbocycles. The van der Waals surface area contributed by atoms with E-state index in [2.05, 4.69) is 5.92 Å². The molecule has 1 atom stereocenters. The van der Waals surface area contributed by atoms with Crippen LogP contribution in [0.3, 0.4) is 0 Å². The Morgan fingerprint density at radius 3 is 2.25 bits per heavy atom. The van der Waals surface area contributed by atoms with Crippen LogP contribution in [-0.2, 0) is 0 Å². The van der Waals surface area contributed by atoms with Gasteiger partial charge in [0.1, 0.15) is 0 Å². The zero-order chi connectivity index (χ0) is 12.2. The van der Waals surface area contributed by atoms with Gasteiger partial charge in [-0.15, -0.1) is 12.3 Å². The molecule has 0 heterocycles. The fourth-order valence-corrected chi connectivity index (χ4v) is 2.30. The largest absolute Gasteiger partial charge is 0.393 e. The lowest BCUT2D eigenvalue weighted by Crippen LogP contribution is -2.31. The molecule has 1 aliphatic rings. The first-order chi connectivity index (χ1) is 7.45. The number of halogens is 3. The van der Waals surface area contributed by atoms with Gasteiger partial charge in [0.05, 0.1) is 12.0 Å². The molecule has 0 aliphatic heterocycles. The van der Waals surface area contributed by atoms with Gasteiger partial charge in [0, 0.05) is 6.42 Å². The van der Waals surface area contributed by atoms with E-state index >= 15 is 0 Å². The Bertz CT molecular complexity index is 246. The van der Waals surface area contributed by atoms with Gasteiger partial charge in [-0.05, 0) is 38.0 Å². The summed E-state index contributed by atoms with van der Waals surface area (Å²) in [5, 5.41) is 9.72. The summed E-state index contributed by atoms with van der Waals surface area (Å²) >= 11 is 0. The molecule has 0 aromatic carbocycles. The molecule has 0 bridgehead atoms. The summed E-state index contributed by atoms with van der Waals surface area (Å²) in [5.74, 6) is 1.25. The van der Waals surface area contributed by atoms with Gasteiger partial charge in [0.2, 0.25) is 0 Å². The average molecular weight is 234 g/mol. The van der Waals surface area contributed by atoms with Crippen molar-refractivity contribution in [2.45, 2.75) is 50.8 Å². The Kier molecular flexibility index (Phi) is 4.67. The Hall–Kier alpha value is -0.690. The van der Waals surface area contributed by atoms with E-state index in [0.29, 0.717) is 25.7 Å². The van der Waals surface area contributed by atoms with Crippen molar-refractivity contribution in [1.29, 1.82) is 0 Å². The summed E-state index contributed by atoms with van der Waals surface area (Å²) in [6.45, 7) is 0. The molecule has 92 valence electrons. The highest BCUT2D eigenvalue weighted by molar-refractivity contribution is 4.87. The monoisotopic (exact) mass is 234 g/mol. The van der Waals surface area contributed by atoms with E-state index in [1.54, 1.807) is 0 Å². The van der Waals surface area contributed by atoms with Gasteiger partial charge in [0.25, 0.3) is 0 Å². The second-order valence-electron chi connectivity index (χ2n) is 4.46. The lowest BCUT2D eigenvalue weighted by Gasteiger charge is -2.32. The van der Waals surface area contributed by atoms with Crippen LogP contribution in [-0.4, -0.2) is 17.4 Å². The minimum atomic E-state index is -4.07. The molecule has 1 N–H and O–H groups in total. The molecule has 1 fully saturated rings.